The first-order valence-corrected chi connectivity index (χ1v) is 11.0. The Morgan fingerprint density at radius 1 is 1.06 bits per heavy atom. The van der Waals surface area contributed by atoms with E-state index in [1.54, 1.807) is 11.0 Å². The van der Waals surface area contributed by atoms with Gasteiger partial charge in [0.25, 0.3) is 5.91 Å². The molecule has 2 amide bonds. The van der Waals surface area contributed by atoms with E-state index in [9.17, 15) is 27.2 Å². The predicted octanol–water partition coefficient (Wildman–Crippen LogP) is 4.07. The first kappa shape index (κ1) is 24.2. The number of H-pyrrole nitrogens is 1. The van der Waals surface area contributed by atoms with Crippen molar-refractivity contribution in [2.45, 2.75) is 25.1 Å². The molecular weight excluding hydrogens is 466 g/mol. The number of benzene rings is 2. The van der Waals surface area contributed by atoms with Gasteiger partial charge in [0.2, 0.25) is 5.91 Å². The van der Waals surface area contributed by atoms with E-state index in [0.717, 1.165) is 17.7 Å². The molecule has 7 nitrogen and oxygen atoms in total. The standard InChI is InChI=1S/C24H23F4N5O2/c25-18-12-16(24(26,27)28)6-7-19(18)30-17-8-10-33(11-9-17)22(34)14-29-23(35)21-13-20(31-32-21)15-4-2-1-3-5-15/h1-7,12-13,17,30H,8-11,14H2,(H,29,35)(H,31,32). The van der Waals surface area contributed by atoms with Gasteiger partial charge in [0.15, 0.2) is 0 Å². The summed E-state index contributed by atoms with van der Waals surface area (Å²) < 4.78 is 52.2. The molecule has 1 aliphatic rings. The molecule has 184 valence electrons. The van der Waals surface area contributed by atoms with Crippen LogP contribution in [0.1, 0.15) is 28.9 Å². The molecule has 0 radical (unpaired) electrons. The van der Waals surface area contributed by atoms with E-state index in [0.29, 0.717) is 37.7 Å². The maximum absolute atomic E-state index is 14.1. The average molecular weight is 489 g/mol. The molecule has 0 spiro atoms. The summed E-state index contributed by atoms with van der Waals surface area (Å²) >= 11 is 0. The zero-order valence-corrected chi connectivity index (χ0v) is 18.5. The van der Waals surface area contributed by atoms with Gasteiger partial charge in [0.1, 0.15) is 11.5 Å². The molecule has 1 fully saturated rings. The first-order valence-electron chi connectivity index (χ1n) is 11.0. The molecule has 1 aromatic heterocycles. The molecule has 35 heavy (non-hydrogen) atoms. The number of alkyl halides is 3. The molecule has 1 aliphatic heterocycles. The number of likely N-dealkylation sites (tertiary alicyclic amines) is 1. The zero-order valence-electron chi connectivity index (χ0n) is 18.5. The lowest BCUT2D eigenvalue weighted by molar-refractivity contribution is -0.137. The Hall–Kier alpha value is -3.89. The normalized spacial score (nSPS) is 14.6. The highest BCUT2D eigenvalue weighted by molar-refractivity contribution is 5.95. The summed E-state index contributed by atoms with van der Waals surface area (Å²) in [7, 11) is 0. The Bertz CT molecular complexity index is 1190. The Morgan fingerprint density at radius 3 is 2.43 bits per heavy atom. The molecular formula is C24H23F4N5O2. The number of hydrogen-bond acceptors (Lipinski definition) is 4. The SMILES string of the molecule is O=C(NCC(=O)N1CCC(Nc2ccc(C(F)(F)F)cc2F)CC1)c1cc(-c2ccccc2)n[nH]1. The van der Waals surface area contributed by atoms with Gasteiger partial charge in [-0.3, -0.25) is 14.7 Å². The number of piperidine rings is 1. The third-order valence-electron chi connectivity index (χ3n) is 5.80. The minimum Gasteiger partial charge on any atom is -0.380 e. The Balaban J connectivity index is 1.24. The fourth-order valence-electron chi connectivity index (χ4n) is 3.86. The molecule has 0 atom stereocenters. The monoisotopic (exact) mass is 489 g/mol. The summed E-state index contributed by atoms with van der Waals surface area (Å²) in [5, 5.41) is 12.3. The number of carbonyl (C=O) groups excluding carboxylic acids is 2. The largest absolute Gasteiger partial charge is 0.416 e. The minimum absolute atomic E-state index is 0.00975. The number of anilines is 1. The van der Waals surface area contributed by atoms with Crippen LogP contribution in [0.4, 0.5) is 23.2 Å². The van der Waals surface area contributed by atoms with Gasteiger partial charge in [-0.1, -0.05) is 30.3 Å². The number of aromatic nitrogens is 2. The van der Waals surface area contributed by atoms with Crippen LogP contribution >= 0.6 is 0 Å². The second-order valence-electron chi connectivity index (χ2n) is 8.21. The smallest absolute Gasteiger partial charge is 0.380 e. The lowest BCUT2D eigenvalue weighted by atomic mass is 10.0. The van der Waals surface area contributed by atoms with Crippen molar-refractivity contribution >= 4 is 17.5 Å². The Labute approximate surface area is 198 Å². The lowest BCUT2D eigenvalue weighted by Gasteiger charge is -2.33. The van der Waals surface area contributed by atoms with Gasteiger partial charge in [-0.15, -0.1) is 0 Å². The van der Waals surface area contributed by atoms with Crippen molar-refractivity contribution in [2.75, 3.05) is 25.0 Å². The topological polar surface area (TPSA) is 90.1 Å². The summed E-state index contributed by atoms with van der Waals surface area (Å²) in [6, 6.07) is 13.1. The average Bonchev–Trinajstić information content (AvgIpc) is 3.34. The number of rotatable bonds is 6. The van der Waals surface area contributed by atoms with E-state index in [2.05, 4.69) is 20.8 Å². The number of nitrogens with zero attached hydrogens (tertiary/aromatic N) is 2. The molecule has 2 aromatic carbocycles. The summed E-state index contributed by atoms with van der Waals surface area (Å²) in [4.78, 5) is 26.5. The van der Waals surface area contributed by atoms with Gasteiger partial charge >= 0.3 is 6.18 Å². The maximum Gasteiger partial charge on any atom is 0.416 e. The van der Waals surface area contributed by atoms with Crippen LogP contribution in [0, 0.1) is 5.82 Å². The van der Waals surface area contributed by atoms with Crippen LogP contribution in [0.5, 0.6) is 0 Å². The van der Waals surface area contributed by atoms with Gasteiger partial charge in [-0.25, -0.2) is 4.39 Å². The molecule has 3 aromatic rings. The van der Waals surface area contributed by atoms with E-state index in [1.165, 1.54) is 0 Å². The van der Waals surface area contributed by atoms with Gasteiger partial charge < -0.3 is 15.5 Å². The molecule has 0 aliphatic carbocycles. The molecule has 0 saturated carbocycles. The van der Waals surface area contributed by atoms with Gasteiger partial charge in [-0.05, 0) is 37.1 Å². The zero-order chi connectivity index (χ0) is 25.0. The highest BCUT2D eigenvalue weighted by atomic mass is 19.4. The number of carbonyl (C=O) groups is 2. The van der Waals surface area contributed by atoms with E-state index in [-0.39, 0.29) is 29.9 Å². The molecule has 1 saturated heterocycles. The highest BCUT2D eigenvalue weighted by Gasteiger charge is 2.31. The maximum atomic E-state index is 14.1. The van der Waals surface area contributed by atoms with Crippen LogP contribution in [-0.2, 0) is 11.0 Å². The molecule has 4 rings (SSSR count). The summed E-state index contributed by atoms with van der Waals surface area (Å²) in [5.41, 5.74) is 0.643. The van der Waals surface area contributed by atoms with Crippen molar-refractivity contribution in [1.82, 2.24) is 20.4 Å². The van der Waals surface area contributed by atoms with Gasteiger partial charge in [0.05, 0.1) is 23.5 Å². The molecule has 11 heteroatoms. The second-order valence-corrected chi connectivity index (χ2v) is 8.21. The molecule has 3 N–H and O–H groups in total. The highest BCUT2D eigenvalue weighted by Crippen LogP contribution is 2.31. The molecule has 0 bridgehead atoms. The Kier molecular flexibility index (Phi) is 7.04. The van der Waals surface area contributed by atoms with E-state index >= 15 is 0 Å². The number of nitrogens with one attached hydrogen (secondary N) is 3. The predicted molar refractivity (Wildman–Crippen MR) is 121 cm³/mol. The van der Waals surface area contributed by atoms with Gasteiger partial charge in [-0.2, -0.15) is 18.3 Å². The van der Waals surface area contributed by atoms with Crippen molar-refractivity contribution in [2.24, 2.45) is 0 Å². The molecule has 0 unspecified atom stereocenters. The van der Waals surface area contributed by atoms with Crippen molar-refractivity contribution in [3.05, 3.63) is 71.7 Å². The van der Waals surface area contributed by atoms with Crippen molar-refractivity contribution < 1.29 is 27.2 Å². The molecule has 2 heterocycles. The van der Waals surface area contributed by atoms with Crippen LogP contribution < -0.4 is 10.6 Å². The van der Waals surface area contributed by atoms with Crippen LogP contribution in [-0.4, -0.2) is 52.6 Å². The van der Waals surface area contributed by atoms with Crippen molar-refractivity contribution in [1.29, 1.82) is 0 Å². The summed E-state index contributed by atoms with van der Waals surface area (Å²) in [6.07, 6.45) is -3.63. The summed E-state index contributed by atoms with van der Waals surface area (Å²) in [6.45, 7) is 0.553. The lowest BCUT2D eigenvalue weighted by Crippen LogP contribution is -2.46. The Morgan fingerprint density at radius 2 is 1.77 bits per heavy atom. The summed E-state index contributed by atoms with van der Waals surface area (Å²) in [5.74, 6) is -1.70. The van der Waals surface area contributed by atoms with Crippen molar-refractivity contribution in [3.63, 3.8) is 0 Å². The fraction of sp³-hybridized carbons (Fsp3) is 0.292. The van der Waals surface area contributed by atoms with E-state index in [1.807, 2.05) is 30.3 Å². The number of hydrogen-bond donors (Lipinski definition) is 3. The number of amides is 2. The quantitative estimate of drug-likeness (QED) is 0.456. The van der Waals surface area contributed by atoms with Gasteiger partial charge in [0, 0.05) is 24.7 Å². The van der Waals surface area contributed by atoms with E-state index < -0.39 is 23.5 Å². The van der Waals surface area contributed by atoms with E-state index in [4.69, 9.17) is 0 Å². The second kappa shape index (κ2) is 10.2. The van der Waals surface area contributed by atoms with Crippen molar-refractivity contribution in [3.8, 4) is 11.3 Å². The number of aromatic amines is 1. The third kappa shape index (κ3) is 5.97. The van der Waals surface area contributed by atoms with Crippen LogP contribution in [0.3, 0.4) is 0 Å². The third-order valence-corrected chi connectivity index (χ3v) is 5.80. The fourth-order valence-corrected chi connectivity index (χ4v) is 3.86. The first-order chi connectivity index (χ1) is 16.7. The van der Waals surface area contributed by atoms with Crippen LogP contribution in [0.25, 0.3) is 11.3 Å². The minimum atomic E-state index is -4.61. The van der Waals surface area contributed by atoms with Crippen LogP contribution in [0.2, 0.25) is 0 Å². The number of halogens is 4. The van der Waals surface area contributed by atoms with Crippen LogP contribution in [0.15, 0.2) is 54.6 Å².